The molecule has 0 amide bonds. The van der Waals surface area contributed by atoms with Crippen molar-refractivity contribution >= 4 is 33.7 Å². The summed E-state index contributed by atoms with van der Waals surface area (Å²) in [4.78, 5) is 12.5. The zero-order valence-corrected chi connectivity index (χ0v) is 16.3. The van der Waals surface area contributed by atoms with Crippen LogP contribution >= 0.6 is 0 Å². The molecule has 5 aromatic rings. The topological polar surface area (TPSA) is 104 Å². The Morgan fingerprint density at radius 3 is 2.80 bits per heavy atom. The minimum atomic E-state index is 0.384. The highest BCUT2D eigenvalue weighted by atomic mass is 16.5. The lowest BCUT2D eigenvalue weighted by Crippen LogP contribution is -2.07. The molecule has 8 heteroatoms. The van der Waals surface area contributed by atoms with Crippen molar-refractivity contribution in [3.63, 3.8) is 0 Å². The number of hydrogen-bond donors (Lipinski definition) is 2. The Bertz CT molecular complexity index is 1410. The first-order valence-corrected chi connectivity index (χ1v) is 9.32. The van der Waals surface area contributed by atoms with Crippen LogP contribution in [0.3, 0.4) is 0 Å². The molecule has 3 aromatic heterocycles. The van der Waals surface area contributed by atoms with Crippen LogP contribution < -0.4 is 10.1 Å². The number of aryl methyl sites for hydroxylation is 1. The highest BCUT2D eigenvalue weighted by molar-refractivity contribution is 5.88. The number of aromatic nitrogens is 5. The van der Waals surface area contributed by atoms with Gasteiger partial charge in [0.15, 0.2) is 11.6 Å². The number of nitriles is 1. The molecule has 0 radical (unpaired) electrons. The van der Waals surface area contributed by atoms with Gasteiger partial charge in [-0.3, -0.25) is 0 Å². The molecular weight excluding hydrogens is 378 g/mol. The predicted octanol–water partition coefficient (Wildman–Crippen LogP) is 4.23. The maximum absolute atomic E-state index is 9.59. The zero-order valence-electron chi connectivity index (χ0n) is 16.3. The highest BCUT2D eigenvalue weighted by Gasteiger charge is 2.17. The van der Waals surface area contributed by atoms with Gasteiger partial charge in [0, 0.05) is 5.39 Å². The third kappa shape index (κ3) is 2.81. The zero-order chi connectivity index (χ0) is 20.7. The SMILES string of the molecule is COc1cccc2c(C)cc(-n3ncc(C#N)c3Nc3nc4ccccc4[nH]3)nc12. The number of anilines is 2. The maximum atomic E-state index is 9.59. The quantitative estimate of drug-likeness (QED) is 0.472. The number of nitrogens with zero attached hydrogens (tertiary/aromatic N) is 5. The smallest absolute Gasteiger partial charge is 0.206 e. The molecule has 0 bridgehead atoms. The van der Waals surface area contributed by atoms with E-state index in [2.05, 4.69) is 26.5 Å². The van der Waals surface area contributed by atoms with Crippen molar-refractivity contribution in [1.29, 1.82) is 5.26 Å². The molecule has 0 unspecified atom stereocenters. The number of hydrogen-bond acceptors (Lipinski definition) is 6. The van der Waals surface area contributed by atoms with E-state index >= 15 is 0 Å². The second-order valence-electron chi connectivity index (χ2n) is 6.81. The molecule has 0 spiro atoms. The van der Waals surface area contributed by atoms with Gasteiger partial charge in [0.2, 0.25) is 5.95 Å². The largest absolute Gasteiger partial charge is 0.494 e. The maximum Gasteiger partial charge on any atom is 0.206 e. The van der Waals surface area contributed by atoms with Gasteiger partial charge >= 0.3 is 0 Å². The summed E-state index contributed by atoms with van der Waals surface area (Å²) in [6.45, 7) is 2.01. The lowest BCUT2D eigenvalue weighted by Gasteiger charge is -2.12. The van der Waals surface area contributed by atoms with Crippen LogP contribution in [0.4, 0.5) is 11.8 Å². The number of H-pyrrole nitrogens is 1. The van der Waals surface area contributed by atoms with Crippen LogP contribution in [-0.4, -0.2) is 31.8 Å². The molecule has 3 heterocycles. The molecule has 0 aliphatic rings. The molecule has 0 aliphatic carbocycles. The Balaban J connectivity index is 1.65. The van der Waals surface area contributed by atoms with Crippen molar-refractivity contribution in [2.45, 2.75) is 6.92 Å². The van der Waals surface area contributed by atoms with Gasteiger partial charge in [-0.05, 0) is 36.8 Å². The Kier molecular flexibility index (Phi) is 4.07. The Morgan fingerprint density at radius 1 is 1.13 bits per heavy atom. The van der Waals surface area contributed by atoms with Crippen LogP contribution in [0.15, 0.2) is 54.7 Å². The molecule has 0 atom stereocenters. The number of imidazole rings is 1. The van der Waals surface area contributed by atoms with Gasteiger partial charge in [-0.25, -0.2) is 9.97 Å². The third-order valence-electron chi connectivity index (χ3n) is 4.95. The van der Waals surface area contributed by atoms with Crippen molar-refractivity contribution in [3.8, 4) is 17.6 Å². The number of aromatic amines is 1. The molecule has 0 aliphatic heterocycles. The van der Waals surface area contributed by atoms with Gasteiger partial charge in [0.25, 0.3) is 0 Å². The number of rotatable bonds is 4. The third-order valence-corrected chi connectivity index (χ3v) is 4.95. The van der Waals surface area contributed by atoms with E-state index in [1.807, 2.05) is 55.5 Å². The number of nitrogens with one attached hydrogen (secondary N) is 2. The number of para-hydroxylation sites is 3. The van der Waals surface area contributed by atoms with Crippen LogP contribution in [0.25, 0.3) is 27.8 Å². The molecule has 0 saturated heterocycles. The van der Waals surface area contributed by atoms with Gasteiger partial charge in [-0.2, -0.15) is 15.0 Å². The van der Waals surface area contributed by atoms with Crippen LogP contribution in [-0.2, 0) is 0 Å². The van der Waals surface area contributed by atoms with Crippen LogP contribution in [0.1, 0.15) is 11.1 Å². The van der Waals surface area contributed by atoms with Crippen molar-refractivity contribution < 1.29 is 4.74 Å². The van der Waals surface area contributed by atoms with E-state index in [0.717, 1.165) is 27.5 Å². The molecule has 8 nitrogen and oxygen atoms in total. The molecule has 0 fully saturated rings. The number of pyridine rings is 1. The molecular formula is C22H17N7O. The Labute approximate surface area is 171 Å². The number of ether oxygens (including phenoxy) is 1. The average molecular weight is 395 g/mol. The lowest BCUT2D eigenvalue weighted by molar-refractivity contribution is 0.419. The van der Waals surface area contributed by atoms with Gasteiger partial charge in [-0.15, -0.1) is 0 Å². The summed E-state index contributed by atoms with van der Waals surface area (Å²) in [5.74, 6) is 2.25. The van der Waals surface area contributed by atoms with E-state index in [0.29, 0.717) is 28.9 Å². The molecule has 2 aromatic carbocycles. The first-order chi connectivity index (χ1) is 14.7. The van der Waals surface area contributed by atoms with Crippen molar-refractivity contribution in [2.75, 3.05) is 12.4 Å². The molecule has 2 N–H and O–H groups in total. The fraction of sp³-hybridized carbons (Fsp3) is 0.0909. The number of benzene rings is 2. The van der Waals surface area contributed by atoms with E-state index in [4.69, 9.17) is 9.72 Å². The van der Waals surface area contributed by atoms with Crippen LogP contribution in [0.2, 0.25) is 0 Å². The predicted molar refractivity (Wildman–Crippen MR) is 114 cm³/mol. The summed E-state index contributed by atoms with van der Waals surface area (Å²) in [6.07, 6.45) is 1.51. The van der Waals surface area contributed by atoms with Gasteiger partial charge < -0.3 is 15.0 Å². The Hall–Kier alpha value is -4.38. The van der Waals surface area contributed by atoms with Gasteiger partial charge in [-0.1, -0.05) is 24.3 Å². The van der Waals surface area contributed by atoms with Crippen molar-refractivity contribution in [1.82, 2.24) is 24.7 Å². The highest BCUT2D eigenvalue weighted by Crippen LogP contribution is 2.29. The average Bonchev–Trinajstić information content (AvgIpc) is 3.36. The van der Waals surface area contributed by atoms with E-state index in [1.165, 1.54) is 6.20 Å². The van der Waals surface area contributed by atoms with E-state index in [-0.39, 0.29) is 0 Å². The molecule has 146 valence electrons. The van der Waals surface area contributed by atoms with Gasteiger partial charge in [0.05, 0.1) is 24.3 Å². The van der Waals surface area contributed by atoms with E-state index in [1.54, 1.807) is 11.8 Å². The minimum Gasteiger partial charge on any atom is -0.494 e. The van der Waals surface area contributed by atoms with E-state index in [9.17, 15) is 5.26 Å². The summed E-state index contributed by atoms with van der Waals surface area (Å²) in [6, 6.07) is 17.6. The van der Waals surface area contributed by atoms with Gasteiger partial charge in [0.1, 0.15) is 22.9 Å². The molecule has 0 saturated carbocycles. The first-order valence-electron chi connectivity index (χ1n) is 9.32. The molecule has 30 heavy (non-hydrogen) atoms. The molecule has 5 rings (SSSR count). The van der Waals surface area contributed by atoms with E-state index < -0.39 is 0 Å². The monoisotopic (exact) mass is 395 g/mol. The fourth-order valence-electron chi connectivity index (χ4n) is 3.50. The standard InChI is InChI=1S/C22H17N7O/c1-13-10-19(27-20-15(13)6-5-9-18(20)30-2)29-21(14(11-23)12-24-29)28-22-25-16-7-3-4-8-17(16)26-22/h3-10,12H,1-2H3,(H2,25,26,28). The summed E-state index contributed by atoms with van der Waals surface area (Å²) < 4.78 is 7.09. The van der Waals surface area contributed by atoms with Crippen molar-refractivity contribution in [2.24, 2.45) is 0 Å². The second-order valence-corrected chi connectivity index (χ2v) is 6.81. The summed E-state index contributed by atoms with van der Waals surface area (Å²) in [7, 11) is 1.62. The minimum absolute atomic E-state index is 0.384. The number of fused-ring (bicyclic) bond motifs is 2. The summed E-state index contributed by atoms with van der Waals surface area (Å²) in [5.41, 5.74) is 3.87. The van der Waals surface area contributed by atoms with Crippen molar-refractivity contribution in [3.05, 3.63) is 65.9 Å². The lowest BCUT2D eigenvalue weighted by atomic mass is 10.1. The first kappa shape index (κ1) is 17.7. The normalized spacial score (nSPS) is 11.0. The van der Waals surface area contributed by atoms with Crippen LogP contribution in [0, 0.1) is 18.3 Å². The Morgan fingerprint density at radius 2 is 2.00 bits per heavy atom. The summed E-state index contributed by atoms with van der Waals surface area (Å²) >= 11 is 0. The second kappa shape index (κ2) is 6.90. The fourth-order valence-corrected chi connectivity index (χ4v) is 3.50. The summed E-state index contributed by atoms with van der Waals surface area (Å²) in [5, 5.41) is 18.2. The van der Waals surface area contributed by atoms with Crippen LogP contribution in [0.5, 0.6) is 5.75 Å². The number of methoxy groups -OCH3 is 1.